The number of carboxylic acids is 2. The third kappa shape index (κ3) is 7.82. The van der Waals surface area contributed by atoms with Crippen molar-refractivity contribution >= 4 is 11.9 Å². The molecule has 2 atom stereocenters. The van der Waals surface area contributed by atoms with Crippen LogP contribution in [-0.4, -0.2) is 34.2 Å². The monoisotopic (exact) mass is 366 g/mol. The van der Waals surface area contributed by atoms with Gasteiger partial charge in [0.2, 0.25) is 0 Å². The Morgan fingerprint density at radius 1 is 0.962 bits per heavy atom. The molecule has 0 fully saturated rings. The first-order chi connectivity index (χ1) is 12.3. The van der Waals surface area contributed by atoms with E-state index in [-0.39, 0.29) is 18.7 Å². The maximum Gasteiger partial charge on any atom is 0.323 e. The lowest BCUT2D eigenvalue weighted by Gasteiger charge is -2.07. The first-order valence-electron chi connectivity index (χ1n) is 7.69. The zero-order valence-electron chi connectivity index (χ0n) is 13.8. The van der Waals surface area contributed by atoms with Gasteiger partial charge in [0.05, 0.1) is 0 Å². The van der Waals surface area contributed by atoms with E-state index in [4.69, 9.17) is 15.9 Å². The fourth-order valence-corrected chi connectivity index (χ4v) is 2.03. The van der Waals surface area contributed by atoms with Crippen LogP contribution in [-0.2, 0) is 22.4 Å². The molecule has 0 aliphatic rings. The highest BCUT2D eigenvalue weighted by Crippen LogP contribution is 2.05. The molecule has 0 radical (unpaired) electrons. The number of rotatable bonds is 7. The second-order valence-corrected chi connectivity index (χ2v) is 5.47. The Kier molecular flexibility index (Phi) is 8.90. The van der Waals surface area contributed by atoms with Crippen LogP contribution >= 0.6 is 0 Å². The molecule has 0 saturated carbocycles. The van der Waals surface area contributed by atoms with E-state index in [1.54, 1.807) is 30.3 Å². The van der Waals surface area contributed by atoms with E-state index in [9.17, 15) is 18.5 Å². The Labute approximate surface area is 149 Å². The number of halogens is 2. The molecule has 26 heavy (non-hydrogen) atoms. The molecule has 0 spiro atoms. The number of benzene rings is 2. The summed E-state index contributed by atoms with van der Waals surface area (Å²) in [5.41, 5.74) is 7.91. The predicted molar refractivity (Wildman–Crippen MR) is 91.5 cm³/mol. The minimum atomic E-state index is -1.19. The summed E-state index contributed by atoms with van der Waals surface area (Å²) in [5, 5.41) is 17.0. The Balaban J connectivity index is 0.000000260. The predicted octanol–water partition coefficient (Wildman–Crippen LogP) is 1.94. The molecule has 8 heteroatoms. The van der Waals surface area contributed by atoms with Crippen molar-refractivity contribution in [1.82, 2.24) is 5.54 Å². The number of carbonyl (C=O) groups is 2. The van der Waals surface area contributed by atoms with Crippen molar-refractivity contribution in [3.8, 4) is 0 Å². The first kappa shape index (κ1) is 21.2. The van der Waals surface area contributed by atoms with E-state index in [1.807, 2.05) is 6.07 Å². The average Bonchev–Trinajstić information content (AvgIpc) is 2.60. The molecule has 0 heterocycles. The van der Waals surface area contributed by atoms with Crippen LogP contribution in [0.3, 0.4) is 0 Å². The van der Waals surface area contributed by atoms with Crippen molar-refractivity contribution in [2.75, 3.05) is 0 Å². The number of aliphatic carboxylic acids is 2. The summed E-state index contributed by atoms with van der Waals surface area (Å²) in [6.45, 7) is 0. The number of hydrogen-bond acceptors (Lipinski definition) is 4. The van der Waals surface area contributed by atoms with Gasteiger partial charge in [-0.1, -0.05) is 42.5 Å². The van der Waals surface area contributed by atoms with Gasteiger partial charge < -0.3 is 15.9 Å². The smallest absolute Gasteiger partial charge is 0.323 e. The minimum absolute atomic E-state index is 0.146. The van der Waals surface area contributed by atoms with Crippen LogP contribution in [0.25, 0.3) is 0 Å². The zero-order valence-corrected chi connectivity index (χ0v) is 13.8. The summed E-state index contributed by atoms with van der Waals surface area (Å²) in [6, 6.07) is 12.5. The van der Waals surface area contributed by atoms with Crippen molar-refractivity contribution in [3.63, 3.8) is 0 Å². The van der Waals surface area contributed by atoms with Gasteiger partial charge in [-0.3, -0.25) is 9.59 Å². The minimum Gasteiger partial charge on any atom is -0.480 e. The maximum atomic E-state index is 12.6. The summed E-state index contributed by atoms with van der Waals surface area (Å²) in [7, 11) is 0. The molecule has 2 aromatic rings. The van der Waals surface area contributed by atoms with Crippen LogP contribution in [0.1, 0.15) is 11.1 Å². The largest absolute Gasteiger partial charge is 0.480 e. The Morgan fingerprint density at radius 3 is 2.08 bits per heavy atom. The highest BCUT2D eigenvalue weighted by atomic mass is 19.2. The number of nitrogens with one attached hydrogen (secondary N) is 1. The fourth-order valence-electron chi connectivity index (χ4n) is 2.03. The summed E-state index contributed by atoms with van der Waals surface area (Å²) >= 11 is 0. The SMILES string of the molecule is N[C@@H](Cc1cccc(F)c1)C(=O)O.O=C(O)[C@H](Cc1ccccc1)NF. The molecular formula is C18H20F2N2O4. The van der Waals surface area contributed by atoms with Gasteiger partial charge >= 0.3 is 11.9 Å². The first-order valence-corrected chi connectivity index (χ1v) is 7.69. The number of carboxylic acid groups (broad SMARTS) is 2. The van der Waals surface area contributed by atoms with Crippen LogP contribution in [0.5, 0.6) is 0 Å². The highest BCUT2D eigenvalue weighted by molar-refractivity contribution is 5.74. The standard InChI is InChI=1S/2C9H10FNO2/c10-7-3-1-2-6(4-7)5-8(11)9(12)13;10-11-8(9(12)13)6-7-4-2-1-3-5-7/h1-4,8H,5,11H2,(H,12,13);1-5,8,11H,6H2,(H,12,13)/t2*8-/m00/s1. The normalized spacial score (nSPS) is 12.4. The molecular weight excluding hydrogens is 346 g/mol. The van der Waals surface area contributed by atoms with Crippen LogP contribution in [0.2, 0.25) is 0 Å². The lowest BCUT2D eigenvalue weighted by molar-refractivity contribution is -0.141. The second-order valence-electron chi connectivity index (χ2n) is 5.47. The Morgan fingerprint density at radius 2 is 1.58 bits per heavy atom. The lowest BCUT2D eigenvalue weighted by atomic mass is 10.1. The van der Waals surface area contributed by atoms with Gasteiger partial charge in [-0.2, -0.15) is 0 Å². The third-order valence-electron chi connectivity index (χ3n) is 3.37. The zero-order chi connectivity index (χ0) is 19.5. The number of hydrogen-bond donors (Lipinski definition) is 4. The molecule has 2 rings (SSSR count). The summed E-state index contributed by atoms with van der Waals surface area (Å²) in [4.78, 5) is 20.8. The van der Waals surface area contributed by atoms with Gasteiger partial charge in [0.15, 0.2) is 0 Å². The molecule has 0 unspecified atom stereocenters. The summed E-state index contributed by atoms with van der Waals surface area (Å²) < 4.78 is 24.6. The van der Waals surface area contributed by atoms with E-state index < -0.39 is 24.0 Å². The van der Waals surface area contributed by atoms with Gasteiger partial charge in [-0.15, -0.1) is 10.0 Å². The Hall–Kier alpha value is -2.84. The van der Waals surface area contributed by atoms with Gasteiger partial charge in [0, 0.05) is 6.42 Å². The summed E-state index contributed by atoms with van der Waals surface area (Å²) in [5.74, 6) is -2.65. The van der Waals surface area contributed by atoms with E-state index in [0.29, 0.717) is 5.56 Å². The second kappa shape index (κ2) is 10.9. The van der Waals surface area contributed by atoms with E-state index in [2.05, 4.69) is 0 Å². The van der Waals surface area contributed by atoms with E-state index >= 15 is 0 Å². The third-order valence-corrected chi connectivity index (χ3v) is 3.37. The summed E-state index contributed by atoms with van der Waals surface area (Å²) in [6.07, 6.45) is 0.291. The molecule has 0 bridgehead atoms. The van der Waals surface area contributed by atoms with Crippen molar-refractivity contribution in [2.45, 2.75) is 24.9 Å². The van der Waals surface area contributed by atoms with Gasteiger partial charge in [-0.25, -0.2) is 4.39 Å². The van der Waals surface area contributed by atoms with Crippen LogP contribution in [0.4, 0.5) is 8.87 Å². The van der Waals surface area contributed by atoms with Crippen LogP contribution in [0.15, 0.2) is 54.6 Å². The lowest BCUT2D eigenvalue weighted by Crippen LogP contribution is -2.33. The van der Waals surface area contributed by atoms with Gasteiger partial charge in [0.1, 0.15) is 17.9 Å². The highest BCUT2D eigenvalue weighted by Gasteiger charge is 2.16. The van der Waals surface area contributed by atoms with E-state index in [0.717, 1.165) is 5.56 Å². The molecule has 2 aromatic carbocycles. The van der Waals surface area contributed by atoms with Crippen molar-refractivity contribution in [1.29, 1.82) is 0 Å². The molecule has 140 valence electrons. The van der Waals surface area contributed by atoms with Crippen molar-refractivity contribution in [3.05, 3.63) is 71.5 Å². The van der Waals surface area contributed by atoms with Gasteiger partial charge in [-0.05, 0) is 29.7 Å². The van der Waals surface area contributed by atoms with Crippen LogP contribution < -0.4 is 11.3 Å². The van der Waals surface area contributed by atoms with Crippen molar-refractivity contribution < 1.29 is 28.7 Å². The van der Waals surface area contributed by atoms with Gasteiger partial charge in [0.25, 0.3) is 0 Å². The topological polar surface area (TPSA) is 113 Å². The van der Waals surface area contributed by atoms with Crippen LogP contribution in [0, 0.1) is 5.82 Å². The Bertz CT molecular complexity index is 713. The fraction of sp³-hybridized carbons (Fsp3) is 0.222. The maximum absolute atomic E-state index is 12.6. The molecule has 0 aromatic heterocycles. The molecule has 0 aliphatic carbocycles. The van der Waals surface area contributed by atoms with E-state index in [1.165, 1.54) is 23.7 Å². The average molecular weight is 366 g/mol. The molecule has 0 aliphatic heterocycles. The van der Waals surface area contributed by atoms with Crippen molar-refractivity contribution in [2.24, 2.45) is 5.73 Å². The molecule has 6 nitrogen and oxygen atoms in total. The molecule has 0 saturated heterocycles. The molecule has 0 amide bonds. The quantitative estimate of drug-likeness (QED) is 0.557. The molecule has 5 N–H and O–H groups in total. The number of nitrogens with two attached hydrogens (primary N) is 1.